The number of nitrogens with zero attached hydrogens (tertiary/aromatic N) is 3. The summed E-state index contributed by atoms with van der Waals surface area (Å²) in [6.07, 6.45) is 7.72. The standard InChI is InChI=1S/C28H36N4O3/c1-4-22(5-2)20-28(34)11-15-31(16-12-28)27(33)30-23-17-24(32-14-6-13-29-32)19-26(18-23)35-25-9-7-21(3)8-10-25/h6-10,13-14,17-19,22,34H,4-5,11-12,15-16,20H2,1-3H3,(H,30,33). The molecule has 0 radical (unpaired) electrons. The molecule has 7 heteroatoms. The summed E-state index contributed by atoms with van der Waals surface area (Å²) in [5.41, 5.74) is 1.89. The number of benzene rings is 2. The number of hydrogen-bond donors (Lipinski definition) is 2. The molecule has 1 aliphatic rings. The van der Waals surface area contributed by atoms with Crippen LogP contribution in [0.15, 0.2) is 60.9 Å². The van der Waals surface area contributed by atoms with E-state index in [1.165, 1.54) is 0 Å². The molecule has 2 amide bonds. The Morgan fingerprint density at radius 3 is 2.46 bits per heavy atom. The number of nitrogens with one attached hydrogen (secondary N) is 1. The fraction of sp³-hybridized carbons (Fsp3) is 0.429. The van der Waals surface area contributed by atoms with Gasteiger partial charge < -0.3 is 20.1 Å². The molecule has 1 fully saturated rings. The Morgan fingerprint density at radius 2 is 1.83 bits per heavy atom. The molecule has 2 aromatic carbocycles. The number of hydrogen-bond acceptors (Lipinski definition) is 4. The van der Waals surface area contributed by atoms with E-state index in [0.717, 1.165) is 36.3 Å². The number of urea groups is 1. The van der Waals surface area contributed by atoms with E-state index in [4.69, 9.17) is 4.74 Å². The van der Waals surface area contributed by atoms with Gasteiger partial charge in [-0.05, 0) is 56.4 Å². The zero-order valence-electron chi connectivity index (χ0n) is 20.9. The van der Waals surface area contributed by atoms with Gasteiger partial charge in [0.1, 0.15) is 11.5 Å². The first kappa shape index (κ1) is 24.8. The van der Waals surface area contributed by atoms with Gasteiger partial charge in [-0.25, -0.2) is 9.48 Å². The predicted octanol–water partition coefficient (Wildman–Crippen LogP) is 6.16. The molecule has 4 rings (SSSR count). The van der Waals surface area contributed by atoms with Crippen molar-refractivity contribution in [2.75, 3.05) is 18.4 Å². The van der Waals surface area contributed by atoms with E-state index >= 15 is 0 Å². The monoisotopic (exact) mass is 476 g/mol. The third-order valence-electron chi connectivity index (χ3n) is 6.97. The number of carbonyl (C=O) groups is 1. The second-order valence-corrected chi connectivity index (χ2v) is 9.61. The van der Waals surface area contributed by atoms with Gasteiger partial charge in [0.05, 0.1) is 11.3 Å². The zero-order valence-corrected chi connectivity index (χ0v) is 20.9. The summed E-state index contributed by atoms with van der Waals surface area (Å²) in [6.45, 7) is 7.45. The largest absolute Gasteiger partial charge is 0.457 e. The predicted molar refractivity (Wildman–Crippen MR) is 138 cm³/mol. The van der Waals surface area contributed by atoms with E-state index in [9.17, 15) is 9.90 Å². The average molecular weight is 477 g/mol. The van der Waals surface area contributed by atoms with Crippen molar-refractivity contribution in [1.29, 1.82) is 0 Å². The van der Waals surface area contributed by atoms with Crippen molar-refractivity contribution >= 4 is 11.7 Å². The minimum atomic E-state index is -0.678. The van der Waals surface area contributed by atoms with E-state index in [0.29, 0.717) is 43.3 Å². The van der Waals surface area contributed by atoms with Gasteiger partial charge in [0.2, 0.25) is 0 Å². The van der Waals surface area contributed by atoms with E-state index in [1.807, 2.05) is 61.7 Å². The van der Waals surface area contributed by atoms with Gasteiger partial charge in [-0.3, -0.25) is 0 Å². The molecule has 7 nitrogen and oxygen atoms in total. The summed E-state index contributed by atoms with van der Waals surface area (Å²) in [5.74, 6) is 1.85. The van der Waals surface area contributed by atoms with Gasteiger partial charge in [-0.15, -0.1) is 0 Å². The fourth-order valence-electron chi connectivity index (χ4n) is 4.66. The molecule has 1 saturated heterocycles. The minimum Gasteiger partial charge on any atom is -0.457 e. The number of carbonyl (C=O) groups excluding carboxylic acids is 1. The van der Waals surface area contributed by atoms with Crippen LogP contribution in [0.4, 0.5) is 10.5 Å². The quantitative estimate of drug-likeness (QED) is 0.408. The number of ether oxygens (including phenoxy) is 1. The van der Waals surface area contributed by atoms with E-state index in [2.05, 4.69) is 24.3 Å². The third-order valence-corrected chi connectivity index (χ3v) is 6.97. The van der Waals surface area contributed by atoms with E-state index < -0.39 is 5.60 Å². The van der Waals surface area contributed by atoms with E-state index in [-0.39, 0.29) is 6.03 Å². The summed E-state index contributed by atoms with van der Waals surface area (Å²) >= 11 is 0. The van der Waals surface area contributed by atoms with Crippen molar-refractivity contribution in [1.82, 2.24) is 14.7 Å². The SMILES string of the molecule is CCC(CC)CC1(O)CCN(C(=O)Nc2cc(Oc3ccc(C)cc3)cc(-n3cccn3)c2)CC1. The molecule has 0 saturated carbocycles. The number of aliphatic hydroxyl groups is 1. The molecule has 1 aliphatic heterocycles. The minimum absolute atomic E-state index is 0.173. The molecule has 2 N–H and O–H groups in total. The molecular formula is C28H36N4O3. The Bertz CT molecular complexity index is 1100. The third kappa shape index (κ3) is 6.42. The van der Waals surface area contributed by atoms with Crippen molar-refractivity contribution in [2.45, 2.75) is 58.5 Å². The van der Waals surface area contributed by atoms with Crippen molar-refractivity contribution in [3.05, 3.63) is 66.5 Å². The van der Waals surface area contributed by atoms with Crippen LogP contribution in [0.3, 0.4) is 0 Å². The van der Waals surface area contributed by atoms with Gasteiger partial charge in [0, 0.05) is 43.3 Å². The van der Waals surface area contributed by atoms with Crippen LogP contribution in [-0.4, -0.2) is 44.5 Å². The number of piperidine rings is 1. The van der Waals surface area contributed by atoms with Crippen molar-refractivity contribution in [3.8, 4) is 17.2 Å². The van der Waals surface area contributed by atoms with E-state index in [1.54, 1.807) is 15.8 Å². The van der Waals surface area contributed by atoms with Crippen molar-refractivity contribution in [3.63, 3.8) is 0 Å². The highest BCUT2D eigenvalue weighted by Gasteiger charge is 2.35. The van der Waals surface area contributed by atoms with Crippen LogP contribution in [0, 0.1) is 12.8 Å². The summed E-state index contributed by atoms with van der Waals surface area (Å²) < 4.78 is 7.82. The second kappa shape index (κ2) is 11.0. The Labute approximate surface area is 207 Å². The number of aromatic nitrogens is 2. The number of anilines is 1. The summed E-state index contributed by atoms with van der Waals surface area (Å²) in [4.78, 5) is 14.9. The van der Waals surface area contributed by atoms with Gasteiger partial charge in [-0.2, -0.15) is 5.10 Å². The van der Waals surface area contributed by atoms with Crippen LogP contribution in [0.1, 0.15) is 51.5 Å². The topological polar surface area (TPSA) is 79.6 Å². The highest BCUT2D eigenvalue weighted by atomic mass is 16.5. The van der Waals surface area contributed by atoms with Crippen LogP contribution >= 0.6 is 0 Å². The van der Waals surface area contributed by atoms with Crippen molar-refractivity contribution < 1.29 is 14.6 Å². The Balaban J connectivity index is 1.46. The molecule has 0 bridgehead atoms. The van der Waals surface area contributed by atoms with Crippen LogP contribution in [0.25, 0.3) is 5.69 Å². The highest BCUT2D eigenvalue weighted by Crippen LogP contribution is 2.32. The second-order valence-electron chi connectivity index (χ2n) is 9.61. The van der Waals surface area contributed by atoms with Crippen LogP contribution in [0.5, 0.6) is 11.5 Å². The molecule has 3 aromatic rings. The van der Waals surface area contributed by atoms with Gasteiger partial charge >= 0.3 is 6.03 Å². The smallest absolute Gasteiger partial charge is 0.321 e. The number of rotatable bonds is 8. The molecule has 2 heterocycles. The molecule has 0 unspecified atom stereocenters. The lowest BCUT2D eigenvalue weighted by Crippen LogP contribution is -2.48. The maximum absolute atomic E-state index is 13.1. The number of aryl methyl sites for hydroxylation is 1. The molecule has 0 atom stereocenters. The summed E-state index contributed by atoms with van der Waals surface area (Å²) in [5, 5.41) is 18.4. The Kier molecular flexibility index (Phi) is 7.76. The van der Waals surface area contributed by atoms with Gasteiger partial charge in [-0.1, -0.05) is 44.4 Å². The number of likely N-dealkylation sites (tertiary alicyclic amines) is 1. The lowest BCUT2D eigenvalue weighted by atomic mass is 9.81. The van der Waals surface area contributed by atoms with Gasteiger partial charge in [0.15, 0.2) is 0 Å². The lowest BCUT2D eigenvalue weighted by molar-refractivity contribution is -0.0309. The molecule has 35 heavy (non-hydrogen) atoms. The first-order valence-corrected chi connectivity index (χ1v) is 12.6. The Morgan fingerprint density at radius 1 is 1.11 bits per heavy atom. The first-order chi connectivity index (χ1) is 16.9. The number of amides is 2. The molecular weight excluding hydrogens is 440 g/mol. The molecule has 1 aromatic heterocycles. The molecule has 0 spiro atoms. The van der Waals surface area contributed by atoms with Crippen LogP contribution in [0.2, 0.25) is 0 Å². The molecule has 186 valence electrons. The van der Waals surface area contributed by atoms with Crippen molar-refractivity contribution in [2.24, 2.45) is 5.92 Å². The highest BCUT2D eigenvalue weighted by molar-refractivity contribution is 5.90. The lowest BCUT2D eigenvalue weighted by Gasteiger charge is -2.39. The average Bonchev–Trinajstić information content (AvgIpc) is 3.39. The maximum Gasteiger partial charge on any atom is 0.321 e. The first-order valence-electron chi connectivity index (χ1n) is 12.6. The Hall–Kier alpha value is -3.32. The van der Waals surface area contributed by atoms with Gasteiger partial charge in [0.25, 0.3) is 0 Å². The zero-order chi connectivity index (χ0) is 24.8. The fourth-order valence-corrected chi connectivity index (χ4v) is 4.66. The molecule has 0 aliphatic carbocycles. The van der Waals surface area contributed by atoms with Crippen LogP contribution in [-0.2, 0) is 0 Å². The normalized spacial score (nSPS) is 15.3. The maximum atomic E-state index is 13.1. The van der Waals surface area contributed by atoms with Crippen LogP contribution < -0.4 is 10.1 Å². The summed E-state index contributed by atoms with van der Waals surface area (Å²) in [7, 11) is 0. The summed E-state index contributed by atoms with van der Waals surface area (Å²) in [6, 6.07) is 15.1.